The van der Waals surface area contributed by atoms with Crippen LogP contribution >= 0.6 is 11.3 Å². The van der Waals surface area contributed by atoms with Crippen molar-refractivity contribution >= 4 is 21.2 Å². The summed E-state index contributed by atoms with van der Waals surface area (Å²) in [6.07, 6.45) is 4.26. The van der Waals surface area contributed by atoms with Crippen LogP contribution in [0.15, 0.2) is 28.4 Å². The Kier molecular flexibility index (Phi) is 2.57. The predicted molar refractivity (Wildman–Crippen MR) is 56.6 cm³/mol. The third-order valence-electron chi connectivity index (χ3n) is 1.82. The molecule has 0 amide bonds. The first kappa shape index (κ1) is 10.3. The quantitative estimate of drug-likeness (QED) is 0.799. The standard InChI is InChI=1S/C8H9N3O2S2/c1-15(12,13)8-9-2-3-11(8)4-7-5-14-6-10-7/h2-3,5-6H,4H2,1H3. The van der Waals surface area contributed by atoms with Gasteiger partial charge in [-0.2, -0.15) is 0 Å². The summed E-state index contributed by atoms with van der Waals surface area (Å²) < 4.78 is 24.3. The number of thiazole rings is 1. The normalized spacial score (nSPS) is 11.8. The molecule has 5 nitrogen and oxygen atoms in total. The van der Waals surface area contributed by atoms with E-state index >= 15 is 0 Å². The minimum atomic E-state index is -3.27. The van der Waals surface area contributed by atoms with Crippen molar-refractivity contribution in [2.75, 3.05) is 6.26 Å². The Morgan fingerprint density at radius 2 is 2.27 bits per heavy atom. The molecule has 0 saturated carbocycles. The van der Waals surface area contributed by atoms with E-state index in [1.54, 1.807) is 16.3 Å². The van der Waals surface area contributed by atoms with Crippen LogP contribution in [-0.4, -0.2) is 29.2 Å². The molecule has 2 heterocycles. The zero-order valence-electron chi connectivity index (χ0n) is 7.99. The number of aromatic nitrogens is 3. The van der Waals surface area contributed by atoms with Gasteiger partial charge in [-0.05, 0) is 0 Å². The van der Waals surface area contributed by atoms with E-state index in [9.17, 15) is 8.42 Å². The minimum Gasteiger partial charge on any atom is -0.316 e. The molecular formula is C8H9N3O2S2. The third-order valence-corrected chi connectivity index (χ3v) is 3.46. The Morgan fingerprint density at radius 1 is 1.47 bits per heavy atom. The molecule has 0 N–H and O–H groups in total. The van der Waals surface area contributed by atoms with E-state index in [0.717, 1.165) is 11.9 Å². The molecule has 0 radical (unpaired) electrons. The first-order valence-corrected chi connectivity index (χ1v) is 6.99. The van der Waals surface area contributed by atoms with Crippen molar-refractivity contribution in [3.05, 3.63) is 29.0 Å². The zero-order chi connectivity index (χ0) is 10.9. The zero-order valence-corrected chi connectivity index (χ0v) is 9.62. The highest BCUT2D eigenvalue weighted by Gasteiger charge is 2.14. The first-order chi connectivity index (χ1) is 7.07. The Balaban J connectivity index is 2.35. The minimum absolute atomic E-state index is 0.0792. The number of rotatable bonds is 3. The van der Waals surface area contributed by atoms with Gasteiger partial charge in [0, 0.05) is 24.0 Å². The third kappa shape index (κ3) is 2.24. The van der Waals surface area contributed by atoms with Gasteiger partial charge in [0.2, 0.25) is 15.0 Å². The van der Waals surface area contributed by atoms with Crippen molar-refractivity contribution in [1.82, 2.24) is 14.5 Å². The van der Waals surface area contributed by atoms with Crippen LogP contribution in [0.4, 0.5) is 0 Å². The Labute approximate surface area is 91.3 Å². The molecule has 0 spiro atoms. The van der Waals surface area contributed by atoms with Crippen molar-refractivity contribution in [3.63, 3.8) is 0 Å². The fourth-order valence-electron chi connectivity index (χ4n) is 1.23. The lowest BCUT2D eigenvalue weighted by Gasteiger charge is -2.03. The first-order valence-electron chi connectivity index (χ1n) is 4.15. The second kappa shape index (κ2) is 3.74. The second-order valence-corrected chi connectivity index (χ2v) is 5.72. The summed E-state index contributed by atoms with van der Waals surface area (Å²) in [7, 11) is -3.27. The summed E-state index contributed by atoms with van der Waals surface area (Å²) in [6.45, 7) is 0.436. The van der Waals surface area contributed by atoms with Gasteiger partial charge < -0.3 is 4.57 Å². The molecule has 2 aromatic heterocycles. The highest BCUT2D eigenvalue weighted by molar-refractivity contribution is 7.90. The Bertz CT molecular complexity index is 542. The van der Waals surface area contributed by atoms with Crippen LogP contribution < -0.4 is 0 Å². The summed E-state index contributed by atoms with van der Waals surface area (Å²) in [5.74, 6) is 0. The van der Waals surface area contributed by atoms with Gasteiger partial charge in [-0.25, -0.2) is 18.4 Å². The molecule has 7 heteroatoms. The van der Waals surface area contributed by atoms with Crippen LogP contribution in [0.1, 0.15) is 5.69 Å². The number of hydrogen-bond acceptors (Lipinski definition) is 5. The summed E-state index contributed by atoms with van der Waals surface area (Å²) >= 11 is 1.48. The topological polar surface area (TPSA) is 64.8 Å². The van der Waals surface area contributed by atoms with Crippen LogP contribution in [-0.2, 0) is 16.4 Å². The van der Waals surface area contributed by atoms with Crippen LogP contribution in [0.5, 0.6) is 0 Å². The molecule has 0 fully saturated rings. The van der Waals surface area contributed by atoms with Crippen molar-refractivity contribution < 1.29 is 8.42 Å². The second-order valence-electron chi connectivity index (χ2n) is 3.09. The molecule has 0 atom stereocenters. The number of nitrogens with zero attached hydrogens (tertiary/aromatic N) is 3. The van der Waals surface area contributed by atoms with Gasteiger partial charge >= 0.3 is 0 Å². The average molecular weight is 243 g/mol. The molecule has 15 heavy (non-hydrogen) atoms. The summed E-state index contributed by atoms with van der Waals surface area (Å²) in [4.78, 5) is 7.91. The van der Waals surface area contributed by atoms with E-state index in [-0.39, 0.29) is 5.16 Å². The molecule has 0 aliphatic carbocycles. The summed E-state index contributed by atoms with van der Waals surface area (Å²) in [5, 5.41) is 1.96. The number of sulfone groups is 1. The largest absolute Gasteiger partial charge is 0.316 e. The lowest BCUT2D eigenvalue weighted by molar-refractivity contribution is 0.577. The van der Waals surface area contributed by atoms with E-state index < -0.39 is 9.84 Å². The number of imidazole rings is 1. The van der Waals surface area contributed by atoms with E-state index in [2.05, 4.69) is 9.97 Å². The van der Waals surface area contributed by atoms with Crippen LogP contribution in [0.25, 0.3) is 0 Å². The van der Waals surface area contributed by atoms with Gasteiger partial charge in [-0.1, -0.05) is 0 Å². The maximum Gasteiger partial charge on any atom is 0.227 e. The monoisotopic (exact) mass is 243 g/mol. The van der Waals surface area contributed by atoms with Gasteiger partial charge in [0.15, 0.2) is 0 Å². The van der Waals surface area contributed by atoms with Crippen molar-refractivity contribution in [1.29, 1.82) is 0 Å². The average Bonchev–Trinajstić information content (AvgIpc) is 2.73. The molecule has 0 aromatic carbocycles. The molecule has 2 aromatic rings. The number of hydrogen-bond donors (Lipinski definition) is 0. The molecule has 0 saturated heterocycles. The van der Waals surface area contributed by atoms with Gasteiger partial charge in [-0.3, -0.25) is 0 Å². The van der Waals surface area contributed by atoms with E-state index in [1.165, 1.54) is 17.5 Å². The Hall–Kier alpha value is -1.21. The summed E-state index contributed by atoms with van der Waals surface area (Å²) in [6, 6.07) is 0. The lowest BCUT2D eigenvalue weighted by atomic mass is 10.5. The van der Waals surface area contributed by atoms with Crippen molar-refractivity contribution in [2.24, 2.45) is 0 Å². The smallest absolute Gasteiger partial charge is 0.227 e. The lowest BCUT2D eigenvalue weighted by Crippen LogP contribution is -2.09. The molecule has 80 valence electrons. The van der Waals surface area contributed by atoms with Gasteiger partial charge in [0.1, 0.15) is 0 Å². The highest BCUT2D eigenvalue weighted by Crippen LogP contribution is 2.09. The molecule has 0 aliphatic rings. The molecular weight excluding hydrogens is 234 g/mol. The predicted octanol–water partition coefficient (Wildman–Crippen LogP) is 0.791. The van der Waals surface area contributed by atoms with Crippen molar-refractivity contribution in [3.8, 4) is 0 Å². The maximum absolute atomic E-state index is 11.3. The van der Waals surface area contributed by atoms with E-state index in [4.69, 9.17) is 0 Å². The Morgan fingerprint density at radius 3 is 2.87 bits per heavy atom. The fourth-order valence-corrected chi connectivity index (χ4v) is 2.59. The van der Waals surface area contributed by atoms with Crippen molar-refractivity contribution in [2.45, 2.75) is 11.7 Å². The molecule has 0 unspecified atom stereocenters. The van der Waals surface area contributed by atoms with E-state index in [0.29, 0.717) is 6.54 Å². The molecule has 2 rings (SSSR count). The summed E-state index contributed by atoms with van der Waals surface area (Å²) in [5.41, 5.74) is 2.55. The maximum atomic E-state index is 11.3. The fraction of sp³-hybridized carbons (Fsp3) is 0.250. The molecule has 0 bridgehead atoms. The van der Waals surface area contributed by atoms with Gasteiger partial charge in [0.25, 0.3) is 0 Å². The van der Waals surface area contributed by atoms with Crippen LogP contribution in [0, 0.1) is 0 Å². The molecule has 0 aliphatic heterocycles. The van der Waals surface area contributed by atoms with Crippen LogP contribution in [0.3, 0.4) is 0 Å². The van der Waals surface area contributed by atoms with Gasteiger partial charge in [0.05, 0.1) is 17.7 Å². The van der Waals surface area contributed by atoms with E-state index in [1.807, 2.05) is 5.38 Å². The highest BCUT2D eigenvalue weighted by atomic mass is 32.2. The van der Waals surface area contributed by atoms with Gasteiger partial charge in [-0.15, -0.1) is 11.3 Å². The van der Waals surface area contributed by atoms with Crippen LogP contribution in [0.2, 0.25) is 0 Å². The SMILES string of the molecule is CS(=O)(=O)c1nccn1Cc1cscn1.